The largest absolute Gasteiger partial charge is 0.251 e. The van der Waals surface area contributed by atoms with Crippen molar-refractivity contribution in [1.82, 2.24) is 44.9 Å². The van der Waals surface area contributed by atoms with Crippen molar-refractivity contribution in [3.8, 4) is 113 Å². The number of hydrogen-bond acceptors (Lipinski definition) is 9. The first-order valence-electron chi connectivity index (χ1n) is 31.4. The molecule has 10 aromatic carbocycles. The molecule has 0 amide bonds. The molecular weight excluding hydrogens is 1130 g/mol. The summed E-state index contributed by atoms with van der Waals surface area (Å²) in [6.45, 7) is 8.45. The van der Waals surface area contributed by atoms with Gasteiger partial charge in [0.2, 0.25) is 0 Å². The molecule has 6 aromatic heterocycles. The fourth-order valence-electron chi connectivity index (χ4n) is 12.1. The van der Waals surface area contributed by atoms with Gasteiger partial charge in [-0.25, -0.2) is 34.9 Å². The van der Waals surface area contributed by atoms with Gasteiger partial charge in [-0.05, 0) is 103 Å². The molecule has 9 heteroatoms. The zero-order valence-electron chi connectivity index (χ0n) is 51.9. The predicted octanol–water partition coefficient (Wildman–Crippen LogP) is 20.7. The maximum atomic E-state index is 5.15. The van der Waals surface area contributed by atoms with Crippen molar-refractivity contribution in [1.29, 1.82) is 0 Å². The van der Waals surface area contributed by atoms with Gasteiger partial charge >= 0.3 is 0 Å². The molecular formula is C84H61N9. The van der Waals surface area contributed by atoms with E-state index in [9.17, 15) is 0 Å². The van der Waals surface area contributed by atoms with Gasteiger partial charge in [0.15, 0.2) is 23.3 Å². The fraction of sp³-hybridized carbons (Fsp3) is 0.0595. The number of aromatic nitrogens is 9. The molecule has 6 heterocycles. The van der Waals surface area contributed by atoms with Crippen LogP contribution in [-0.2, 0) is 6.42 Å². The Morgan fingerprint density at radius 2 is 0.570 bits per heavy atom. The molecule has 0 bridgehead atoms. The standard InChI is InChI=1S/C43H32N4.C41H29N5/c1-3-36-23-21-33-22-24-37-28(2)25-38(45-42(37)41(33)44-36)32-19-17-29(18-20-32)34-15-10-16-35(26-34)43-46-39(30-11-6-4-7-12-30)27-40(47-43)31-13-8-5-9-14-31;1-26-24-36(43-38-35(26)23-22-30-17-16-27(2)42-37(30)38)29-20-18-28(19-21-29)33-14-9-15-34(25-33)41-45-39(31-10-5-3-6-11-31)44-40(46-41)32-12-7-4-8-13-32/h4-27H,3H2,1-2H3;3-25H,1-2H3. The lowest BCUT2D eigenvalue weighted by molar-refractivity contribution is 1.06. The molecule has 9 nitrogen and oxygen atoms in total. The van der Waals surface area contributed by atoms with Gasteiger partial charge in [-0.1, -0.05) is 250 Å². The highest BCUT2D eigenvalue weighted by Crippen LogP contribution is 2.36. The van der Waals surface area contributed by atoms with E-state index in [0.29, 0.717) is 23.3 Å². The summed E-state index contributed by atoms with van der Waals surface area (Å²) in [5, 5.41) is 4.49. The quantitative estimate of drug-likeness (QED) is 0.117. The van der Waals surface area contributed by atoms with Crippen molar-refractivity contribution in [2.75, 3.05) is 0 Å². The Balaban J connectivity index is 0.000000154. The van der Waals surface area contributed by atoms with Gasteiger partial charge in [-0.3, -0.25) is 9.97 Å². The zero-order valence-corrected chi connectivity index (χ0v) is 51.9. The molecule has 0 spiro atoms. The number of fused-ring (bicyclic) bond motifs is 6. The van der Waals surface area contributed by atoms with Crippen molar-refractivity contribution in [3.63, 3.8) is 0 Å². The second-order valence-corrected chi connectivity index (χ2v) is 23.4. The molecule has 0 fully saturated rings. The summed E-state index contributed by atoms with van der Waals surface area (Å²) in [6, 6.07) is 98.2. The van der Waals surface area contributed by atoms with E-state index in [1.807, 2.05) is 110 Å². The van der Waals surface area contributed by atoms with Crippen LogP contribution >= 0.6 is 0 Å². The summed E-state index contributed by atoms with van der Waals surface area (Å²) in [7, 11) is 0. The van der Waals surface area contributed by atoms with E-state index in [-0.39, 0.29) is 0 Å². The molecule has 0 unspecified atom stereocenters. The molecule has 93 heavy (non-hydrogen) atoms. The van der Waals surface area contributed by atoms with Crippen LogP contribution < -0.4 is 0 Å². The van der Waals surface area contributed by atoms with Gasteiger partial charge in [-0.2, -0.15) is 0 Å². The minimum absolute atomic E-state index is 0.637. The van der Waals surface area contributed by atoms with Gasteiger partial charge in [0.05, 0.1) is 44.8 Å². The summed E-state index contributed by atoms with van der Waals surface area (Å²) in [6.07, 6.45) is 0.895. The number of pyridine rings is 4. The van der Waals surface area contributed by atoms with Gasteiger partial charge in [0.1, 0.15) is 0 Å². The van der Waals surface area contributed by atoms with Crippen molar-refractivity contribution < 1.29 is 0 Å². The average Bonchev–Trinajstić information content (AvgIpc) is 0.925. The van der Waals surface area contributed by atoms with E-state index in [2.05, 4.69) is 203 Å². The first-order chi connectivity index (χ1) is 45.7. The molecule has 0 atom stereocenters. The Hall–Kier alpha value is -12.1. The van der Waals surface area contributed by atoms with Crippen LogP contribution in [0, 0.1) is 20.8 Å². The minimum atomic E-state index is 0.637. The monoisotopic (exact) mass is 1200 g/mol. The summed E-state index contributed by atoms with van der Waals surface area (Å²) >= 11 is 0. The van der Waals surface area contributed by atoms with Crippen molar-refractivity contribution in [2.45, 2.75) is 34.1 Å². The van der Waals surface area contributed by atoms with Crippen LogP contribution in [0.5, 0.6) is 0 Å². The average molecular weight is 1200 g/mol. The summed E-state index contributed by atoms with van der Waals surface area (Å²) in [5.74, 6) is 2.63. The maximum Gasteiger partial charge on any atom is 0.164 e. The third-order valence-electron chi connectivity index (χ3n) is 17.1. The van der Waals surface area contributed by atoms with Gasteiger partial charge in [0.25, 0.3) is 0 Å². The smallest absolute Gasteiger partial charge is 0.164 e. The van der Waals surface area contributed by atoms with E-state index in [0.717, 1.165) is 151 Å². The lowest BCUT2D eigenvalue weighted by atomic mass is 9.99. The topological polar surface area (TPSA) is 116 Å². The van der Waals surface area contributed by atoms with Crippen LogP contribution in [0.3, 0.4) is 0 Å². The summed E-state index contributed by atoms with van der Waals surface area (Å²) in [4.78, 5) is 44.8. The molecule has 0 saturated carbocycles. The third-order valence-corrected chi connectivity index (χ3v) is 17.1. The molecule has 0 aliphatic rings. The Morgan fingerprint density at radius 1 is 0.226 bits per heavy atom. The molecule has 0 aliphatic heterocycles. The van der Waals surface area contributed by atoms with Crippen LogP contribution in [0.4, 0.5) is 0 Å². The molecule has 16 rings (SSSR count). The van der Waals surface area contributed by atoms with Crippen LogP contribution in [0.25, 0.3) is 156 Å². The van der Waals surface area contributed by atoms with Crippen LogP contribution in [0.2, 0.25) is 0 Å². The Labute approximate surface area is 540 Å². The third kappa shape index (κ3) is 11.9. The first-order valence-corrected chi connectivity index (χ1v) is 31.4. The fourth-order valence-corrected chi connectivity index (χ4v) is 12.1. The number of benzene rings is 10. The van der Waals surface area contributed by atoms with Crippen molar-refractivity contribution in [2.24, 2.45) is 0 Å². The van der Waals surface area contributed by atoms with Crippen LogP contribution in [0.1, 0.15) is 29.4 Å². The van der Waals surface area contributed by atoms with Crippen molar-refractivity contribution in [3.05, 3.63) is 308 Å². The van der Waals surface area contributed by atoms with E-state index in [1.54, 1.807) is 0 Å². The molecule has 16 aromatic rings. The molecule has 0 radical (unpaired) electrons. The lowest BCUT2D eigenvalue weighted by Crippen LogP contribution is -2.00. The number of aryl methyl sites for hydroxylation is 4. The first kappa shape index (κ1) is 57.4. The van der Waals surface area contributed by atoms with E-state index in [1.165, 1.54) is 11.1 Å². The normalized spacial score (nSPS) is 11.3. The molecule has 0 N–H and O–H groups in total. The number of nitrogens with zero attached hydrogens (tertiary/aromatic N) is 9. The zero-order chi connectivity index (χ0) is 62.8. The van der Waals surface area contributed by atoms with Crippen molar-refractivity contribution >= 4 is 43.6 Å². The molecule has 442 valence electrons. The summed E-state index contributed by atoms with van der Waals surface area (Å²) < 4.78 is 0. The molecule has 0 aliphatic carbocycles. The van der Waals surface area contributed by atoms with Gasteiger partial charge < -0.3 is 0 Å². The highest BCUT2D eigenvalue weighted by molar-refractivity contribution is 6.06. The molecule has 0 saturated heterocycles. The maximum absolute atomic E-state index is 5.15. The van der Waals surface area contributed by atoms with E-state index < -0.39 is 0 Å². The van der Waals surface area contributed by atoms with Gasteiger partial charge in [0, 0.05) is 77.4 Å². The summed E-state index contributed by atoms with van der Waals surface area (Å²) in [5.41, 5.74) is 24.4. The highest BCUT2D eigenvalue weighted by atomic mass is 15.0. The number of hydrogen-bond donors (Lipinski definition) is 0. The second-order valence-electron chi connectivity index (χ2n) is 23.4. The van der Waals surface area contributed by atoms with E-state index in [4.69, 9.17) is 44.9 Å². The van der Waals surface area contributed by atoms with Crippen LogP contribution in [-0.4, -0.2) is 44.9 Å². The minimum Gasteiger partial charge on any atom is -0.251 e. The lowest BCUT2D eigenvalue weighted by Gasteiger charge is -2.11. The van der Waals surface area contributed by atoms with Gasteiger partial charge in [-0.15, -0.1) is 0 Å². The van der Waals surface area contributed by atoms with Crippen LogP contribution in [0.15, 0.2) is 285 Å². The van der Waals surface area contributed by atoms with E-state index >= 15 is 0 Å². The Morgan fingerprint density at radius 3 is 1.02 bits per heavy atom. The second kappa shape index (κ2) is 25.1. The SMILES string of the molecule is CCc1ccc2ccc3c(C)cc(-c4ccc(-c5cccc(-c6nc(-c7ccccc7)cc(-c7ccccc7)n6)c5)cc4)nc3c2n1.Cc1ccc2ccc3c(C)cc(-c4ccc(-c5cccc(-c6nc(-c7ccccc7)nc(-c7ccccc7)n6)c5)cc4)nc3c2n1. The number of rotatable bonds is 11. The predicted molar refractivity (Wildman–Crippen MR) is 381 cm³/mol. The Bertz CT molecular complexity index is 5320. The Kier molecular flexibility index (Phi) is 15.5. The highest BCUT2D eigenvalue weighted by Gasteiger charge is 2.17.